The third kappa shape index (κ3) is 4.26. The largest absolute Gasteiger partial charge is 0.506 e. The summed E-state index contributed by atoms with van der Waals surface area (Å²) in [6, 6.07) is 7.51. The van der Waals surface area contributed by atoms with Crippen LogP contribution in [-0.2, 0) is 6.61 Å². The van der Waals surface area contributed by atoms with Crippen molar-refractivity contribution in [1.82, 2.24) is 15.2 Å². The Labute approximate surface area is 164 Å². The predicted octanol–water partition coefficient (Wildman–Crippen LogP) is 5.14. The van der Waals surface area contributed by atoms with Crippen LogP contribution in [0.2, 0.25) is 5.02 Å². The van der Waals surface area contributed by atoms with Gasteiger partial charge in [0.25, 0.3) is 0 Å². The summed E-state index contributed by atoms with van der Waals surface area (Å²) in [6.07, 6.45) is 1.50. The van der Waals surface area contributed by atoms with Crippen LogP contribution in [0.3, 0.4) is 0 Å². The highest BCUT2D eigenvalue weighted by atomic mass is 79.9. The van der Waals surface area contributed by atoms with E-state index in [9.17, 15) is 9.50 Å². The molecule has 1 N–H and O–H groups in total. The highest BCUT2D eigenvalue weighted by Gasteiger charge is 2.10. The third-order valence-electron chi connectivity index (χ3n) is 3.23. The smallest absolute Gasteiger partial charge is 0.336 e. The summed E-state index contributed by atoms with van der Waals surface area (Å²) in [5.74, 6) is -0.317. The first kappa shape index (κ1) is 18.0. The fourth-order valence-electron chi connectivity index (χ4n) is 1.96. The lowest BCUT2D eigenvalue weighted by molar-refractivity contribution is 0.276. The lowest BCUT2D eigenvalue weighted by Crippen LogP contribution is -2.02. The van der Waals surface area contributed by atoms with Crippen molar-refractivity contribution in [2.75, 3.05) is 0 Å². The maximum Gasteiger partial charge on any atom is 0.336 e. The molecule has 128 valence electrons. The molecule has 0 fully saturated rings. The van der Waals surface area contributed by atoms with Gasteiger partial charge in [0.05, 0.1) is 20.2 Å². The van der Waals surface area contributed by atoms with E-state index in [1.807, 2.05) is 0 Å². The first-order valence-electron chi connectivity index (χ1n) is 6.89. The number of phenolic OH excluding ortho intramolecular Hbond substituents is 1. The van der Waals surface area contributed by atoms with Crippen molar-refractivity contribution >= 4 is 43.5 Å². The summed E-state index contributed by atoms with van der Waals surface area (Å²) in [4.78, 5) is 4.09. The zero-order valence-electron chi connectivity index (χ0n) is 12.4. The monoisotopic (exact) mass is 487 g/mol. The van der Waals surface area contributed by atoms with Crippen LogP contribution in [0.5, 0.6) is 11.8 Å². The summed E-state index contributed by atoms with van der Waals surface area (Å²) < 4.78 is 19.5. The van der Waals surface area contributed by atoms with Crippen LogP contribution in [0.25, 0.3) is 11.3 Å². The quantitative estimate of drug-likeness (QED) is 0.550. The molecule has 0 saturated carbocycles. The Balaban J connectivity index is 1.74. The number of phenols is 1. The third-order valence-corrected chi connectivity index (χ3v) is 4.79. The number of aromatic nitrogens is 3. The topological polar surface area (TPSA) is 68.1 Å². The summed E-state index contributed by atoms with van der Waals surface area (Å²) in [7, 11) is 0. The molecule has 0 spiro atoms. The molecular weight excluding hydrogens is 480 g/mol. The minimum Gasteiger partial charge on any atom is -0.506 e. The average molecular weight is 490 g/mol. The zero-order valence-corrected chi connectivity index (χ0v) is 16.3. The summed E-state index contributed by atoms with van der Waals surface area (Å²) in [5, 5.41) is 18.0. The number of hydrogen-bond donors (Lipinski definition) is 1. The Morgan fingerprint density at radius 3 is 2.44 bits per heavy atom. The Kier molecular flexibility index (Phi) is 5.51. The molecule has 5 nitrogen and oxygen atoms in total. The fraction of sp³-hybridized carbons (Fsp3) is 0.0625. The second kappa shape index (κ2) is 7.63. The minimum absolute atomic E-state index is 0.0704. The highest BCUT2D eigenvalue weighted by molar-refractivity contribution is 9.11. The van der Waals surface area contributed by atoms with Crippen LogP contribution in [-0.4, -0.2) is 20.3 Å². The van der Waals surface area contributed by atoms with Gasteiger partial charge in [-0.2, -0.15) is 0 Å². The number of halogens is 4. The van der Waals surface area contributed by atoms with E-state index in [0.717, 1.165) is 0 Å². The van der Waals surface area contributed by atoms with E-state index in [1.165, 1.54) is 24.4 Å². The van der Waals surface area contributed by atoms with Gasteiger partial charge in [-0.25, -0.2) is 9.37 Å². The maximum atomic E-state index is 13.0. The molecule has 0 aliphatic rings. The highest BCUT2D eigenvalue weighted by Crippen LogP contribution is 2.36. The van der Waals surface area contributed by atoms with Crippen molar-refractivity contribution in [1.29, 1.82) is 0 Å². The molecule has 0 bridgehead atoms. The lowest BCUT2D eigenvalue weighted by atomic mass is 10.1. The van der Waals surface area contributed by atoms with E-state index in [2.05, 4.69) is 47.0 Å². The summed E-state index contributed by atoms with van der Waals surface area (Å²) in [6.45, 7) is 0.0937. The van der Waals surface area contributed by atoms with E-state index in [4.69, 9.17) is 16.3 Å². The van der Waals surface area contributed by atoms with Crippen molar-refractivity contribution < 1.29 is 14.2 Å². The normalized spacial score (nSPS) is 10.7. The Hall–Kier alpha value is -1.77. The van der Waals surface area contributed by atoms with Gasteiger partial charge in [-0.15, -0.1) is 5.10 Å². The molecule has 1 aromatic heterocycles. The number of ether oxygens (including phenoxy) is 1. The maximum absolute atomic E-state index is 13.0. The van der Waals surface area contributed by atoms with E-state index in [0.29, 0.717) is 25.8 Å². The van der Waals surface area contributed by atoms with Gasteiger partial charge in [0.1, 0.15) is 23.9 Å². The Morgan fingerprint density at radius 2 is 1.84 bits per heavy atom. The standard InChI is InChI=1S/C16H9Br2ClFN3O2/c17-11-3-9(4-12(18)15(11)24)14-6-21-16(23-22-14)25-7-8-1-2-10(20)5-13(8)19/h1-6,24H,7H2. The summed E-state index contributed by atoms with van der Waals surface area (Å²) in [5.41, 5.74) is 1.83. The predicted molar refractivity (Wildman–Crippen MR) is 98.1 cm³/mol. The molecule has 0 aliphatic heterocycles. The van der Waals surface area contributed by atoms with Gasteiger partial charge in [-0.05, 0) is 56.1 Å². The second-order valence-electron chi connectivity index (χ2n) is 4.94. The van der Waals surface area contributed by atoms with Gasteiger partial charge in [0, 0.05) is 11.1 Å². The summed E-state index contributed by atoms with van der Waals surface area (Å²) >= 11 is 12.5. The number of aromatic hydroxyl groups is 1. The van der Waals surface area contributed by atoms with Gasteiger partial charge in [0.15, 0.2) is 0 Å². The zero-order chi connectivity index (χ0) is 18.0. The van der Waals surface area contributed by atoms with E-state index >= 15 is 0 Å². The number of hydrogen-bond acceptors (Lipinski definition) is 5. The van der Waals surface area contributed by atoms with Crippen LogP contribution in [0.1, 0.15) is 5.56 Å². The fourth-order valence-corrected chi connectivity index (χ4v) is 3.37. The molecule has 0 aliphatic carbocycles. The molecule has 2 aromatic carbocycles. The second-order valence-corrected chi connectivity index (χ2v) is 7.05. The van der Waals surface area contributed by atoms with Gasteiger partial charge in [-0.1, -0.05) is 22.8 Å². The van der Waals surface area contributed by atoms with E-state index < -0.39 is 5.82 Å². The lowest BCUT2D eigenvalue weighted by Gasteiger charge is -2.07. The van der Waals surface area contributed by atoms with Crippen LogP contribution in [0.4, 0.5) is 4.39 Å². The number of benzene rings is 2. The van der Waals surface area contributed by atoms with Crippen LogP contribution in [0, 0.1) is 5.82 Å². The van der Waals surface area contributed by atoms with E-state index in [1.54, 1.807) is 12.1 Å². The Bertz CT molecular complexity index is 903. The van der Waals surface area contributed by atoms with Gasteiger partial charge in [-0.3, -0.25) is 0 Å². The van der Waals surface area contributed by atoms with Gasteiger partial charge in [0.2, 0.25) is 0 Å². The number of nitrogens with zero attached hydrogens (tertiary/aromatic N) is 3. The molecule has 0 atom stereocenters. The molecule has 1 heterocycles. The first-order valence-corrected chi connectivity index (χ1v) is 8.85. The molecule has 0 unspecified atom stereocenters. The van der Waals surface area contributed by atoms with Crippen molar-refractivity contribution in [2.45, 2.75) is 6.61 Å². The van der Waals surface area contributed by atoms with Gasteiger partial charge >= 0.3 is 6.01 Å². The first-order chi connectivity index (χ1) is 11.9. The SMILES string of the molecule is Oc1c(Br)cc(-c2cnc(OCc3ccc(F)cc3Cl)nn2)cc1Br. The van der Waals surface area contributed by atoms with Crippen LogP contribution < -0.4 is 4.74 Å². The average Bonchev–Trinajstić information content (AvgIpc) is 2.59. The molecule has 0 saturated heterocycles. The van der Waals surface area contributed by atoms with E-state index in [-0.39, 0.29) is 23.4 Å². The van der Waals surface area contributed by atoms with Gasteiger partial charge < -0.3 is 9.84 Å². The van der Waals surface area contributed by atoms with Crippen molar-refractivity contribution in [3.8, 4) is 23.0 Å². The van der Waals surface area contributed by atoms with Crippen LogP contribution in [0.15, 0.2) is 45.5 Å². The minimum atomic E-state index is -0.415. The van der Waals surface area contributed by atoms with Crippen molar-refractivity contribution in [2.24, 2.45) is 0 Å². The molecule has 25 heavy (non-hydrogen) atoms. The molecule has 3 rings (SSSR count). The molecule has 9 heteroatoms. The number of rotatable bonds is 4. The molecule has 0 amide bonds. The van der Waals surface area contributed by atoms with Crippen molar-refractivity contribution in [3.63, 3.8) is 0 Å². The van der Waals surface area contributed by atoms with Crippen LogP contribution >= 0.6 is 43.5 Å². The van der Waals surface area contributed by atoms with Crippen molar-refractivity contribution in [3.05, 3.63) is 61.9 Å². The molecular formula is C16H9Br2ClFN3O2. The Morgan fingerprint density at radius 1 is 1.12 bits per heavy atom. The molecule has 0 radical (unpaired) electrons. The molecule has 3 aromatic rings.